The summed E-state index contributed by atoms with van der Waals surface area (Å²) in [5.41, 5.74) is 2.18. The quantitative estimate of drug-likeness (QED) is 0.410. The number of aromatic hydroxyl groups is 1. The molecule has 0 unspecified atom stereocenters. The van der Waals surface area contributed by atoms with Gasteiger partial charge in [-0.1, -0.05) is 52.5 Å². The lowest BCUT2D eigenvalue weighted by Gasteiger charge is -2.28. The van der Waals surface area contributed by atoms with Crippen LogP contribution in [0.3, 0.4) is 0 Å². The fourth-order valence-corrected chi connectivity index (χ4v) is 3.08. The van der Waals surface area contributed by atoms with Crippen LogP contribution in [-0.2, 0) is 11.2 Å². The molecule has 142 valence electrons. The van der Waals surface area contributed by atoms with Crippen LogP contribution in [0.1, 0.15) is 81.6 Å². The Balaban J connectivity index is 3.30. The highest BCUT2D eigenvalue weighted by atomic mass is 16.5. The summed E-state index contributed by atoms with van der Waals surface area (Å²) in [6.45, 7) is 8.15. The molecule has 0 atom stereocenters. The molecule has 0 saturated carbocycles. The molecule has 1 N–H and O–H groups in total. The first-order chi connectivity index (χ1) is 12.1. The Morgan fingerprint density at radius 3 is 2.12 bits per heavy atom. The number of carbonyl (C=O) groups is 1. The normalized spacial score (nSPS) is 10.7. The Labute approximate surface area is 153 Å². The zero-order chi connectivity index (χ0) is 18.7. The number of aryl methyl sites for hydroxylation is 1. The molecule has 0 amide bonds. The molecule has 0 bridgehead atoms. The van der Waals surface area contributed by atoms with Crippen LogP contribution in [0.15, 0.2) is 12.1 Å². The van der Waals surface area contributed by atoms with E-state index in [9.17, 15) is 9.90 Å². The van der Waals surface area contributed by atoms with Gasteiger partial charge in [0.1, 0.15) is 5.75 Å². The minimum absolute atomic E-state index is 0.173. The van der Waals surface area contributed by atoms with E-state index < -0.39 is 0 Å². The Morgan fingerprint density at radius 2 is 1.60 bits per heavy atom. The number of nitrogens with zero attached hydrogens (tertiary/aromatic N) is 1. The van der Waals surface area contributed by atoms with Crippen LogP contribution in [0, 0.1) is 0 Å². The van der Waals surface area contributed by atoms with Crippen LogP contribution in [0.5, 0.6) is 5.75 Å². The van der Waals surface area contributed by atoms with Crippen molar-refractivity contribution >= 4 is 11.7 Å². The van der Waals surface area contributed by atoms with Crippen molar-refractivity contribution in [2.75, 3.05) is 25.1 Å². The van der Waals surface area contributed by atoms with Crippen molar-refractivity contribution in [1.29, 1.82) is 0 Å². The lowest BCUT2D eigenvalue weighted by molar-refractivity contribution is 0.0599. The maximum atomic E-state index is 12.5. The number of rotatable bonds is 12. The smallest absolute Gasteiger partial charge is 0.340 e. The van der Waals surface area contributed by atoms with Gasteiger partial charge in [-0.2, -0.15) is 0 Å². The third kappa shape index (κ3) is 6.26. The van der Waals surface area contributed by atoms with Gasteiger partial charge in [-0.3, -0.25) is 0 Å². The predicted octanol–water partition coefficient (Wildman–Crippen LogP) is 5.32. The standard InChI is InChI=1S/C21H35NO3/c1-5-8-11-12-17-13-14-18(23)20(19(17)21(24)25-4)22(15-9-6-2)16-10-7-3/h13-14,23H,5-12,15-16H2,1-4H3. The molecule has 4 nitrogen and oxygen atoms in total. The molecule has 0 spiro atoms. The van der Waals surface area contributed by atoms with E-state index in [4.69, 9.17) is 4.74 Å². The van der Waals surface area contributed by atoms with E-state index in [1.807, 2.05) is 6.07 Å². The lowest BCUT2D eigenvalue weighted by atomic mass is 9.98. The van der Waals surface area contributed by atoms with E-state index in [1.54, 1.807) is 6.07 Å². The minimum atomic E-state index is -0.351. The van der Waals surface area contributed by atoms with Gasteiger partial charge in [0.15, 0.2) is 0 Å². The van der Waals surface area contributed by atoms with Crippen LogP contribution < -0.4 is 4.90 Å². The second-order valence-electron chi connectivity index (χ2n) is 6.61. The topological polar surface area (TPSA) is 49.8 Å². The highest BCUT2D eigenvalue weighted by Gasteiger charge is 2.24. The molecule has 1 aromatic carbocycles. The van der Waals surface area contributed by atoms with Crippen LogP contribution in [0.2, 0.25) is 0 Å². The van der Waals surface area contributed by atoms with Gasteiger partial charge in [0.25, 0.3) is 0 Å². The van der Waals surface area contributed by atoms with E-state index in [2.05, 4.69) is 25.7 Å². The van der Waals surface area contributed by atoms with Gasteiger partial charge in [-0.05, 0) is 37.3 Å². The van der Waals surface area contributed by atoms with Gasteiger partial charge in [0, 0.05) is 13.1 Å². The van der Waals surface area contributed by atoms with Gasteiger partial charge < -0.3 is 14.7 Å². The van der Waals surface area contributed by atoms with Crippen molar-refractivity contribution in [2.45, 2.75) is 72.1 Å². The van der Waals surface area contributed by atoms with Crippen LogP contribution >= 0.6 is 0 Å². The first-order valence-corrected chi connectivity index (χ1v) is 9.78. The summed E-state index contributed by atoms with van der Waals surface area (Å²) in [7, 11) is 1.41. The van der Waals surface area contributed by atoms with E-state index in [-0.39, 0.29) is 11.7 Å². The van der Waals surface area contributed by atoms with Crippen molar-refractivity contribution in [3.05, 3.63) is 23.3 Å². The zero-order valence-electron chi connectivity index (χ0n) is 16.4. The molecule has 0 heterocycles. The summed E-state index contributed by atoms with van der Waals surface area (Å²) in [6.07, 6.45) is 8.35. The molecular weight excluding hydrogens is 314 g/mol. The Bertz CT molecular complexity index is 520. The van der Waals surface area contributed by atoms with E-state index >= 15 is 0 Å². The van der Waals surface area contributed by atoms with E-state index in [1.165, 1.54) is 7.11 Å². The first-order valence-electron chi connectivity index (χ1n) is 9.78. The predicted molar refractivity (Wildman–Crippen MR) is 105 cm³/mol. The van der Waals surface area contributed by atoms with Gasteiger partial charge in [0.05, 0.1) is 18.4 Å². The van der Waals surface area contributed by atoms with Crippen molar-refractivity contribution in [3.8, 4) is 5.75 Å². The lowest BCUT2D eigenvalue weighted by Crippen LogP contribution is -2.28. The van der Waals surface area contributed by atoms with E-state index in [0.29, 0.717) is 11.3 Å². The summed E-state index contributed by atoms with van der Waals surface area (Å²) in [6, 6.07) is 3.60. The van der Waals surface area contributed by atoms with E-state index in [0.717, 1.165) is 70.0 Å². The number of benzene rings is 1. The van der Waals surface area contributed by atoms with Crippen LogP contribution in [0.25, 0.3) is 0 Å². The molecule has 25 heavy (non-hydrogen) atoms. The molecule has 0 aromatic heterocycles. The summed E-state index contributed by atoms with van der Waals surface area (Å²) < 4.78 is 5.06. The Morgan fingerprint density at radius 1 is 1.00 bits per heavy atom. The SMILES string of the molecule is CCCCCc1ccc(O)c(N(CCCC)CCCC)c1C(=O)OC. The monoisotopic (exact) mass is 349 g/mol. The number of hydrogen-bond acceptors (Lipinski definition) is 4. The number of unbranched alkanes of at least 4 members (excludes halogenated alkanes) is 4. The third-order valence-electron chi connectivity index (χ3n) is 4.56. The number of hydrogen-bond donors (Lipinski definition) is 1. The number of phenolic OH excluding ortho intramolecular Hbond substituents is 1. The van der Waals surface area contributed by atoms with Crippen molar-refractivity contribution in [2.24, 2.45) is 0 Å². The third-order valence-corrected chi connectivity index (χ3v) is 4.56. The van der Waals surface area contributed by atoms with Crippen LogP contribution in [-0.4, -0.2) is 31.3 Å². The highest BCUT2D eigenvalue weighted by Crippen LogP contribution is 2.35. The summed E-state index contributed by atoms with van der Waals surface area (Å²) in [4.78, 5) is 14.7. The average Bonchev–Trinajstić information content (AvgIpc) is 2.62. The first kappa shape index (κ1) is 21.3. The molecule has 1 aromatic rings. The molecular formula is C21H35NO3. The minimum Gasteiger partial charge on any atom is -0.506 e. The number of anilines is 1. The molecule has 0 fully saturated rings. The van der Waals surface area contributed by atoms with Crippen molar-refractivity contribution < 1.29 is 14.6 Å². The number of phenols is 1. The molecule has 0 aliphatic carbocycles. The zero-order valence-corrected chi connectivity index (χ0v) is 16.4. The largest absolute Gasteiger partial charge is 0.506 e. The molecule has 4 heteroatoms. The van der Waals surface area contributed by atoms with Crippen LogP contribution in [0.4, 0.5) is 5.69 Å². The Kier molecular flexibility index (Phi) is 10.0. The number of carbonyl (C=O) groups excluding carboxylic acids is 1. The average molecular weight is 350 g/mol. The number of ether oxygens (including phenoxy) is 1. The van der Waals surface area contributed by atoms with Crippen molar-refractivity contribution in [1.82, 2.24) is 0 Å². The summed E-state index contributed by atoms with van der Waals surface area (Å²) in [5.74, 6) is -0.178. The second-order valence-corrected chi connectivity index (χ2v) is 6.61. The van der Waals surface area contributed by atoms with Gasteiger partial charge in [-0.25, -0.2) is 4.79 Å². The van der Waals surface area contributed by atoms with Crippen molar-refractivity contribution in [3.63, 3.8) is 0 Å². The molecule has 1 rings (SSSR count). The summed E-state index contributed by atoms with van der Waals surface area (Å²) in [5, 5.41) is 10.6. The Hall–Kier alpha value is -1.71. The van der Waals surface area contributed by atoms with Gasteiger partial charge >= 0.3 is 5.97 Å². The summed E-state index contributed by atoms with van der Waals surface area (Å²) >= 11 is 0. The fraction of sp³-hybridized carbons (Fsp3) is 0.667. The molecule has 0 saturated heterocycles. The van der Waals surface area contributed by atoms with Gasteiger partial charge in [0.2, 0.25) is 0 Å². The molecule has 0 aliphatic heterocycles. The maximum Gasteiger partial charge on any atom is 0.340 e. The maximum absolute atomic E-state index is 12.5. The fourth-order valence-electron chi connectivity index (χ4n) is 3.08. The molecule has 0 aliphatic rings. The molecule has 0 radical (unpaired) electrons. The number of esters is 1. The second kappa shape index (κ2) is 11.8. The van der Waals surface area contributed by atoms with Gasteiger partial charge in [-0.15, -0.1) is 0 Å². The number of methoxy groups -OCH3 is 1. The highest BCUT2D eigenvalue weighted by molar-refractivity contribution is 5.99.